The van der Waals surface area contributed by atoms with E-state index in [0.717, 1.165) is 4.90 Å². The summed E-state index contributed by atoms with van der Waals surface area (Å²) in [7, 11) is 1.45. The Hall–Kier alpha value is -2.48. The Kier molecular flexibility index (Phi) is 3.90. The summed E-state index contributed by atoms with van der Waals surface area (Å²) in [5.41, 5.74) is -0.488. The molecular weight excluding hydrogens is 278 g/mol. The predicted octanol–water partition coefficient (Wildman–Crippen LogP) is 1.05. The summed E-state index contributed by atoms with van der Waals surface area (Å²) in [5.74, 6) is -0.382. The molecule has 1 aliphatic rings. The zero-order valence-electron chi connectivity index (χ0n) is 11.7. The fourth-order valence-corrected chi connectivity index (χ4v) is 2.18. The van der Waals surface area contributed by atoms with E-state index < -0.39 is 16.5 Å². The van der Waals surface area contributed by atoms with Crippen LogP contribution in [-0.2, 0) is 16.1 Å². The van der Waals surface area contributed by atoms with Gasteiger partial charge in [0.25, 0.3) is 11.6 Å². The lowest BCUT2D eigenvalue weighted by molar-refractivity contribution is -0.384. The van der Waals surface area contributed by atoms with E-state index in [1.54, 1.807) is 6.92 Å². The Bertz CT molecular complexity index is 586. The summed E-state index contributed by atoms with van der Waals surface area (Å²) in [6.07, 6.45) is 0. The number of benzene rings is 1. The highest BCUT2D eigenvalue weighted by molar-refractivity contribution is 6.06. The zero-order chi connectivity index (χ0) is 15.6. The van der Waals surface area contributed by atoms with Crippen LogP contribution in [0.5, 0.6) is 0 Å². The fraction of sp³-hybridized carbons (Fsp3) is 0.385. The molecule has 112 valence electrons. The maximum absolute atomic E-state index is 12.3. The highest BCUT2D eigenvalue weighted by Gasteiger charge is 2.47. The summed E-state index contributed by atoms with van der Waals surface area (Å²) in [5, 5.41) is 13.2. The Labute approximate surface area is 120 Å². The molecular formula is C13H15N3O5. The molecule has 1 heterocycles. The third-order valence-electron chi connectivity index (χ3n) is 3.27. The summed E-state index contributed by atoms with van der Waals surface area (Å²) < 4.78 is 4.95. The van der Waals surface area contributed by atoms with Gasteiger partial charge in [-0.3, -0.25) is 19.8 Å². The first kappa shape index (κ1) is 14.9. The molecule has 0 spiro atoms. The zero-order valence-corrected chi connectivity index (χ0v) is 11.7. The van der Waals surface area contributed by atoms with Crippen molar-refractivity contribution in [3.05, 3.63) is 39.9 Å². The molecule has 1 aromatic carbocycles. The van der Waals surface area contributed by atoms with Gasteiger partial charge in [-0.15, -0.1) is 0 Å². The normalized spacial score (nSPS) is 21.5. The molecule has 8 heteroatoms. The van der Waals surface area contributed by atoms with Crippen molar-refractivity contribution in [2.24, 2.45) is 0 Å². The molecule has 1 N–H and O–H groups in total. The molecule has 0 unspecified atom stereocenters. The van der Waals surface area contributed by atoms with Crippen molar-refractivity contribution in [3.63, 3.8) is 0 Å². The van der Waals surface area contributed by atoms with Crippen LogP contribution >= 0.6 is 0 Å². The maximum atomic E-state index is 12.3. The van der Waals surface area contributed by atoms with Gasteiger partial charge in [0.05, 0.1) is 18.1 Å². The SMILES string of the molecule is COC[C@@]1(C)NC(=O)N(Cc2ccc([N+](=O)[O-])cc2)C1=O. The van der Waals surface area contributed by atoms with Gasteiger partial charge >= 0.3 is 6.03 Å². The molecule has 0 radical (unpaired) electrons. The van der Waals surface area contributed by atoms with Crippen LogP contribution in [0.2, 0.25) is 0 Å². The van der Waals surface area contributed by atoms with Crippen LogP contribution < -0.4 is 5.32 Å². The molecule has 1 atom stereocenters. The summed E-state index contributed by atoms with van der Waals surface area (Å²) in [4.78, 5) is 35.3. The van der Waals surface area contributed by atoms with Crippen molar-refractivity contribution in [3.8, 4) is 0 Å². The highest BCUT2D eigenvalue weighted by Crippen LogP contribution is 2.21. The first-order valence-electron chi connectivity index (χ1n) is 6.24. The standard InChI is InChI=1S/C13H15N3O5/c1-13(8-21-2)11(17)15(12(18)14-13)7-9-3-5-10(6-4-9)16(19)20/h3-6H,7-8H2,1-2H3,(H,14,18)/t13-/m1/s1. The number of hydrogen-bond acceptors (Lipinski definition) is 5. The lowest BCUT2D eigenvalue weighted by Gasteiger charge is -2.20. The average molecular weight is 293 g/mol. The number of ether oxygens (including phenoxy) is 1. The quantitative estimate of drug-likeness (QED) is 0.496. The summed E-state index contributed by atoms with van der Waals surface area (Å²) in [6, 6.07) is 5.21. The van der Waals surface area contributed by atoms with Crippen LogP contribution in [0.25, 0.3) is 0 Å². The number of hydrogen-bond donors (Lipinski definition) is 1. The highest BCUT2D eigenvalue weighted by atomic mass is 16.6. The number of imide groups is 1. The lowest BCUT2D eigenvalue weighted by Crippen LogP contribution is -2.47. The third-order valence-corrected chi connectivity index (χ3v) is 3.27. The van der Waals surface area contributed by atoms with E-state index in [1.165, 1.54) is 31.4 Å². The van der Waals surface area contributed by atoms with Crippen LogP contribution in [-0.4, -0.2) is 41.0 Å². The number of nitrogens with one attached hydrogen (secondary N) is 1. The van der Waals surface area contributed by atoms with Crippen molar-refractivity contribution < 1.29 is 19.2 Å². The van der Waals surface area contributed by atoms with Gasteiger partial charge in [-0.05, 0) is 12.5 Å². The maximum Gasteiger partial charge on any atom is 0.325 e. The number of methoxy groups -OCH3 is 1. The van der Waals surface area contributed by atoms with E-state index in [2.05, 4.69) is 5.32 Å². The van der Waals surface area contributed by atoms with Crippen LogP contribution in [0.3, 0.4) is 0 Å². The monoisotopic (exact) mass is 293 g/mol. The molecule has 3 amide bonds. The predicted molar refractivity (Wildman–Crippen MR) is 72.5 cm³/mol. The first-order valence-corrected chi connectivity index (χ1v) is 6.24. The van der Waals surface area contributed by atoms with Gasteiger partial charge < -0.3 is 10.1 Å². The molecule has 1 fully saturated rings. The Morgan fingerprint density at radius 3 is 2.48 bits per heavy atom. The van der Waals surface area contributed by atoms with Crippen molar-refractivity contribution in [2.45, 2.75) is 19.0 Å². The van der Waals surface area contributed by atoms with Gasteiger partial charge in [0.2, 0.25) is 0 Å². The van der Waals surface area contributed by atoms with Gasteiger partial charge in [-0.25, -0.2) is 4.79 Å². The van der Waals surface area contributed by atoms with Gasteiger partial charge in [-0.1, -0.05) is 12.1 Å². The minimum Gasteiger partial charge on any atom is -0.382 e. The fourth-order valence-electron chi connectivity index (χ4n) is 2.18. The molecule has 0 aromatic heterocycles. The molecule has 21 heavy (non-hydrogen) atoms. The van der Waals surface area contributed by atoms with E-state index in [0.29, 0.717) is 5.56 Å². The second-order valence-corrected chi connectivity index (χ2v) is 5.01. The van der Waals surface area contributed by atoms with E-state index in [4.69, 9.17) is 4.74 Å². The molecule has 0 saturated carbocycles. The largest absolute Gasteiger partial charge is 0.382 e. The minimum absolute atomic E-state index is 0.0415. The topological polar surface area (TPSA) is 102 Å². The van der Waals surface area contributed by atoms with E-state index in [1.807, 2.05) is 0 Å². The summed E-state index contributed by atoms with van der Waals surface area (Å²) in [6.45, 7) is 1.73. The molecule has 0 aliphatic carbocycles. The van der Waals surface area contributed by atoms with Gasteiger partial charge in [-0.2, -0.15) is 0 Å². The molecule has 0 bridgehead atoms. The number of amides is 3. The minimum atomic E-state index is -1.08. The van der Waals surface area contributed by atoms with Gasteiger partial charge in [0.1, 0.15) is 5.54 Å². The lowest BCUT2D eigenvalue weighted by atomic mass is 10.0. The number of rotatable bonds is 5. The first-order chi connectivity index (χ1) is 9.87. The molecule has 1 aliphatic heterocycles. The summed E-state index contributed by atoms with van der Waals surface area (Å²) >= 11 is 0. The van der Waals surface area contributed by atoms with Crippen molar-refractivity contribution in [1.82, 2.24) is 10.2 Å². The average Bonchev–Trinajstić information content (AvgIpc) is 2.63. The Balaban J connectivity index is 2.14. The number of nitro benzene ring substituents is 1. The number of nitro groups is 1. The van der Waals surface area contributed by atoms with Crippen molar-refractivity contribution in [2.75, 3.05) is 13.7 Å². The van der Waals surface area contributed by atoms with Crippen LogP contribution in [0.4, 0.5) is 10.5 Å². The molecule has 1 aromatic rings. The smallest absolute Gasteiger partial charge is 0.325 e. The number of carbonyl (C=O) groups excluding carboxylic acids is 2. The number of nitrogens with zero attached hydrogens (tertiary/aromatic N) is 2. The number of non-ortho nitro benzene ring substituents is 1. The van der Waals surface area contributed by atoms with E-state index in [-0.39, 0.29) is 24.7 Å². The second-order valence-electron chi connectivity index (χ2n) is 5.01. The van der Waals surface area contributed by atoms with E-state index in [9.17, 15) is 19.7 Å². The number of carbonyl (C=O) groups is 2. The van der Waals surface area contributed by atoms with Crippen LogP contribution in [0.1, 0.15) is 12.5 Å². The molecule has 1 saturated heterocycles. The van der Waals surface area contributed by atoms with Crippen molar-refractivity contribution >= 4 is 17.6 Å². The van der Waals surface area contributed by atoms with Crippen LogP contribution in [0.15, 0.2) is 24.3 Å². The van der Waals surface area contributed by atoms with Crippen LogP contribution in [0, 0.1) is 10.1 Å². The van der Waals surface area contributed by atoms with E-state index >= 15 is 0 Å². The molecule has 8 nitrogen and oxygen atoms in total. The second kappa shape index (κ2) is 5.49. The Morgan fingerprint density at radius 1 is 1.33 bits per heavy atom. The Morgan fingerprint density at radius 2 is 1.95 bits per heavy atom. The number of urea groups is 1. The third kappa shape index (κ3) is 2.84. The van der Waals surface area contributed by atoms with Gasteiger partial charge in [0, 0.05) is 19.2 Å². The molecule has 2 rings (SSSR count). The van der Waals surface area contributed by atoms with Crippen molar-refractivity contribution in [1.29, 1.82) is 0 Å². The van der Waals surface area contributed by atoms with Gasteiger partial charge in [0.15, 0.2) is 0 Å².